The van der Waals surface area contributed by atoms with Crippen LogP contribution in [0.3, 0.4) is 0 Å². The van der Waals surface area contributed by atoms with Crippen molar-refractivity contribution in [2.45, 2.75) is 33.6 Å². The molecule has 0 aliphatic carbocycles. The second-order valence-electron chi connectivity index (χ2n) is 4.17. The molecule has 1 aromatic rings. The first-order valence-electron chi connectivity index (χ1n) is 6.27. The molecule has 4 heteroatoms. The van der Waals surface area contributed by atoms with E-state index in [1.807, 2.05) is 39.0 Å². The van der Waals surface area contributed by atoms with Gasteiger partial charge >= 0.3 is 11.8 Å². The Morgan fingerprint density at radius 3 is 2.50 bits per heavy atom. The summed E-state index contributed by atoms with van der Waals surface area (Å²) in [6, 6.07) is 5.81. The smallest absolute Gasteiger partial charge is 0.313 e. The number of hydrogen-bond acceptors (Lipinski definition) is 2. The lowest BCUT2D eigenvalue weighted by Gasteiger charge is -2.12. The molecule has 18 heavy (non-hydrogen) atoms. The number of carbonyl (C=O) groups excluding carboxylic acids is 2. The van der Waals surface area contributed by atoms with E-state index < -0.39 is 11.8 Å². The summed E-state index contributed by atoms with van der Waals surface area (Å²) in [6.07, 6.45) is 1.62. The van der Waals surface area contributed by atoms with Crippen molar-refractivity contribution in [2.24, 2.45) is 0 Å². The van der Waals surface area contributed by atoms with Crippen LogP contribution >= 0.6 is 0 Å². The summed E-state index contributed by atoms with van der Waals surface area (Å²) in [5.74, 6) is -1.19. The Labute approximate surface area is 108 Å². The van der Waals surface area contributed by atoms with Crippen molar-refractivity contribution in [3.05, 3.63) is 29.3 Å². The van der Waals surface area contributed by atoms with Gasteiger partial charge in [0.15, 0.2) is 0 Å². The van der Waals surface area contributed by atoms with Crippen LogP contribution in [-0.2, 0) is 16.0 Å². The van der Waals surface area contributed by atoms with Crippen molar-refractivity contribution in [3.63, 3.8) is 0 Å². The third-order valence-corrected chi connectivity index (χ3v) is 2.72. The molecule has 0 aliphatic heterocycles. The van der Waals surface area contributed by atoms with Crippen molar-refractivity contribution in [2.75, 3.05) is 11.9 Å². The molecule has 0 heterocycles. The molecule has 1 aromatic carbocycles. The highest BCUT2D eigenvalue weighted by Crippen LogP contribution is 2.20. The molecule has 98 valence electrons. The lowest BCUT2D eigenvalue weighted by Crippen LogP contribution is -2.36. The summed E-state index contributed by atoms with van der Waals surface area (Å²) in [4.78, 5) is 23.2. The van der Waals surface area contributed by atoms with Crippen molar-refractivity contribution in [1.82, 2.24) is 5.32 Å². The van der Waals surface area contributed by atoms with E-state index in [1.165, 1.54) is 0 Å². The van der Waals surface area contributed by atoms with Crippen LogP contribution in [0.1, 0.15) is 31.4 Å². The van der Waals surface area contributed by atoms with E-state index in [4.69, 9.17) is 0 Å². The Morgan fingerprint density at radius 2 is 1.89 bits per heavy atom. The molecular formula is C14H20N2O2. The Kier molecular flexibility index (Phi) is 5.36. The fourth-order valence-electron chi connectivity index (χ4n) is 1.69. The molecule has 0 spiro atoms. The highest BCUT2D eigenvalue weighted by molar-refractivity contribution is 6.39. The summed E-state index contributed by atoms with van der Waals surface area (Å²) >= 11 is 0. The van der Waals surface area contributed by atoms with Crippen LogP contribution in [0.4, 0.5) is 5.69 Å². The minimum Gasteiger partial charge on any atom is -0.348 e. The standard InChI is InChI=1S/C14H20N2O2/c1-4-9-15-13(17)14(18)16-12-10(3)7-6-8-11(12)5-2/h6-8H,4-5,9H2,1-3H3,(H,15,17)(H,16,18). The van der Waals surface area contributed by atoms with E-state index in [2.05, 4.69) is 10.6 Å². The Hall–Kier alpha value is -1.84. The van der Waals surface area contributed by atoms with Gasteiger partial charge in [0, 0.05) is 12.2 Å². The highest BCUT2D eigenvalue weighted by atomic mass is 16.2. The van der Waals surface area contributed by atoms with Crippen LogP contribution in [0, 0.1) is 6.92 Å². The van der Waals surface area contributed by atoms with E-state index >= 15 is 0 Å². The highest BCUT2D eigenvalue weighted by Gasteiger charge is 2.15. The largest absolute Gasteiger partial charge is 0.348 e. The zero-order valence-electron chi connectivity index (χ0n) is 11.2. The fraction of sp³-hybridized carbons (Fsp3) is 0.429. The average molecular weight is 248 g/mol. The topological polar surface area (TPSA) is 58.2 Å². The van der Waals surface area contributed by atoms with Gasteiger partial charge in [0.05, 0.1) is 0 Å². The molecule has 0 atom stereocenters. The van der Waals surface area contributed by atoms with E-state index in [9.17, 15) is 9.59 Å². The molecule has 0 aromatic heterocycles. The predicted octanol–water partition coefficient (Wildman–Crippen LogP) is 2.02. The molecule has 0 fully saturated rings. The van der Waals surface area contributed by atoms with Crippen molar-refractivity contribution in [1.29, 1.82) is 0 Å². The number of carbonyl (C=O) groups is 2. The lowest BCUT2D eigenvalue weighted by molar-refractivity contribution is -0.136. The van der Waals surface area contributed by atoms with Crippen molar-refractivity contribution in [3.8, 4) is 0 Å². The van der Waals surface area contributed by atoms with Crippen LogP contribution in [0.15, 0.2) is 18.2 Å². The van der Waals surface area contributed by atoms with Crippen molar-refractivity contribution >= 4 is 17.5 Å². The normalized spacial score (nSPS) is 9.94. The first-order valence-corrected chi connectivity index (χ1v) is 6.27. The molecule has 0 aliphatic rings. The number of hydrogen-bond donors (Lipinski definition) is 2. The van der Waals surface area contributed by atoms with Gasteiger partial charge in [0.25, 0.3) is 0 Å². The molecule has 0 bridgehead atoms. The predicted molar refractivity (Wildman–Crippen MR) is 72.5 cm³/mol. The molecule has 4 nitrogen and oxygen atoms in total. The summed E-state index contributed by atoms with van der Waals surface area (Å²) in [5, 5.41) is 5.25. The summed E-state index contributed by atoms with van der Waals surface area (Å²) in [5.41, 5.74) is 2.74. The van der Waals surface area contributed by atoms with Gasteiger partial charge < -0.3 is 10.6 Å². The minimum atomic E-state index is -0.604. The van der Waals surface area contributed by atoms with Gasteiger partial charge in [-0.1, -0.05) is 32.0 Å². The van der Waals surface area contributed by atoms with Gasteiger partial charge in [-0.05, 0) is 30.9 Å². The molecule has 0 radical (unpaired) electrons. The zero-order chi connectivity index (χ0) is 13.5. The molecule has 0 saturated heterocycles. The summed E-state index contributed by atoms with van der Waals surface area (Å²) < 4.78 is 0. The molecule has 0 unspecified atom stereocenters. The Bertz CT molecular complexity index is 441. The van der Waals surface area contributed by atoms with E-state index in [1.54, 1.807) is 0 Å². The maximum atomic E-state index is 11.7. The zero-order valence-corrected chi connectivity index (χ0v) is 11.2. The molecule has 0 saturated carbocycles. The maximum absolute atomic E-state index is 11.7. The van der Waals surface area contributed by atoms with Gasteiger partial charge in [-0.25, -0.2) is 0 Å². The van der Waals surface area contributed by atoms with E-state index in [0.717, 1.165) is 29.7 Å². The quantitative estimate of drug-likeness (QED) is 0.801. The summed E-state index contributed by atoms with van der Waals surface area (Å²) in [7, 11) is 0. The lowest BCUT2D eigenvalue weighted by atomic mass is 10.1. The number of benzene rings is 1. The van der Waals surface area contributed by atoms with Gasteiger partial charge in [-0.15, -0.1) is 0 Å². The second kappa shape index (κ2) is 6.79. The second-order valence-corrected chi connectivity index (χ2v) is 4.17. The van der Waals surface area contributed by atoms with Crippen LogP contribution in [0.5, 0.6) is 0 Å². The maximum Gasteiger partial charge on any atom is 0.313 e. The number of anilines is 1. The Balaban J connectivity index is 2.78. The molecular weight excluding hydrogens is 228 g/mol. The molecule has 2 N–H and O–H groups in total. The average Bonchev–Trinajstić information content (AvgIpc) is 2.38. The van der Waals surface area contributed by atoms with Crippen molar-refractivity contribution < 1.29 is 9.59 Å². The van der Waals surface area contributed by atoms with Crippen LogP contribution < -0.4 is 10.6 Å². The van der Waals surface area contributed by atoms with Crippen LogP contribution in [-0.4, -0.2) is 18.4 Å². The number of amides is 2. The molecule has 1 rings (SSSR count). The van der Waals surface area contributed by atoms with Gasteiger partial charge in [-0.2, -0.15) is 0 Å². The van der Waals surface area contributed by atoms with Gasteiger partial charge in [0.2, 0.25) is 0 Å². The number of nitrogens with one attached hydrogen (secondary N) is 2. The van der Waals surface area contributed by atoms with E-state index in [0.29, 0.717) is 6.54 Å². The summed E-state index contributed by atoms with van der Waals surface area (Å²) in [6.45, 7) is 6.38. The monoisotopic (exact) mass is 248 g/mol. The third kappa shape index (κ3) is 3.58. The van der Waals surface area contributed by atoms with E-state index in [-0.39, 0.29) is 0 Å². The minimum absolute atomic E-state index is 0.515. The molecule has 2 amide bonds. The number of aryl methyl sites for hydroxylation is 2. The van der Waals surface area contributed by atoms with Gasteiger partial charge in [-0.3, -0.25) is 9.59 Å². The Morgan fingerprint density at radius 1 is 1.17 bits per heavy atom. The van der Waals surface area contributed by atoms with Crippen LogP contribution in [0.25, 0.3) is 0 Å². The fourth-order valence-corrected chi connectivity index (χ4v) is 1.69. The first kappa shape index (κ1) is 14.2. The SMILES string of the molecule is CCCNC(=O)C(=O)Nc1c(C)cccc1CC. The third-order valence-electron chi connectivity index (χ3n) is 2.72. The van der Waals surface area contributed by atoms with Crippen LogP contribution in [0.2, 0.25) is 0 Å². The number of rotatable bonds is 4. The van der Waals surface area contributed by atoms with Gasteiger partial charge in [0.1, 0.15) is 0 Å². The number of para-hydroxylation sites is 1. The first-order chi connectivity index (χ1) is 8.60.